The Labute approximate surface area is 342 Å². The Morgan fingerprint density at radius 2 is 0.690 bits per heavy atom. The minimum Gasteiger partial charge on any atom is -0.310 e. The highest BCUT2D eigenvalue weighted by Crippen LogP contribution is 2.46. The van der Waals surface area contributed by atoms with E-state index in [-0.39, 0.29) is 0 Å². The fourth-order valence-electron chi connectivity index (χ4n) is 8.04. The number of pyridine rings is 2. The SMILES string of the molecule is C=CC.C=CC.c1ccc2c(c1)Cc1ccccc1N2c1ccc(-c2cnccc2-c2ccncc2-c2ccc(N3c4ccccc4Cc4ccccc43)cc2)cc1. The number of benzene rings is 6. The molecule has 2 aromatic heterocycles. The number of allylic oxidation sites excluding steroid dienone is 2. The summed E-state index contributed by atoms with van der Waals surface area (Å²) in [6, 6.07) is 56.9. The molecule has 0 aliphatic carbocycles. The van der Waals surface area contributed by atoms with E-state index < -0.39 is 0 Å². The van der Waals surface area contributed by atoms with Gasteiger partial charge < -0.3 is 9.80 Å². The van der Waals surface area contributed by atoms with Crippen molar-refractivity contribution in [3.63, 3.8) is 0 Å². The molecule has 2 aliphatic heterocycles. The third kappa shape index (κ3) is 7.36. The van der Waals surface area contributed by atoms with Crippen LogP contribution in [0.4, 0.5) is 34.1 Å². The molecule has 0 fully saturated rings. The van der Waals surface area contributed by atoms with Crippen LogP contribution in [0.3, 0.4) is 0 Å². The molecule has 0 N–H and O–H groups in total. The van der Waals surface area contributed by atoms with Gasteiger partial charge in [0.15, 0.2) is 0 Å². The molecular formula is C54H46N4. The maximum atomic E-state index is 4.59. The van der Waals surface area contributed by atoms with Gasteiger partial charge in [-0.1, -0.05) is 109 Å². The van der Waals surface area contributed by atoms with E-state index in [9.17, 15) is 0 Å². The molecule has 0 amide bonds. The first-order chi connectivity index (χ1) is 28.6. The number of hydrogen-bond donors (Lipinski definition) is 0. The highest BCUT2D eigenvalue weighted by molar-refractivity contribution is 5.92. The summed E-state index contributed by atoms with van der Waals surface area (Å²) in [4.78, 5) is 13.9. The number of para-hydroxylation sites is 4. The molecule has 0 unspecified atom stereocenters. The molecule has 4 heteroatoms. The molecule has 4 nitrogen and oxygen atoms in total. The molecule has 8 aromatic rings. The summed E-state index contributed by atoms with van der Waals surface area (Å²) in [5.41, 5.74) is 19.2. The van der Waals surface area contributed by atoms with Crippen molar-refractivity contribution >= 4 is 34.1 Å². The number of aromatic nitrogens is 2. The maximum absolute atomic E-state index is 4.59. The topological polar surface area (TPSA) is 32.3 Å². The van der Waals surface area contributed by atoms with Crippen LogP contribution in [0.25, 0.3) is 33.4 Å². The zero-order chi connectivity index (χ0) is 39.8. The highest BCUT2D eigenvalue weighted by atomic mass is 15.2. The van der Waals surface area contributed by atoms with Gasteiger partial charge in [0.1, 0.15) is 0 Å². The van der Waals surface area contributed by atoms with Gasteiger partial charge in [0.2, 0.25) is 0 Å². The fraction of sp³-hybridized carbons (Fsp3) is 0.0741. The van der Waals surface area contributed by atoms with Gasteiger partial charge in [-0.25, -0.2) is 0 Å². The molecule has 10 rings (SSSR count). The fourth-order valence-corrected chi connectivity index (χ4v) is 8.04. The van der Waals surface area contributed by atoms with E-state index >= 15 is 0 Å². The molecule has 2 aliphatic rings. The second kappa shape index (κ2) is 17.2. The largest absolute Gasteiger partial charge is 0.310 e. The zero-order valence-corrected chi connectivity index (χ0v) is 33.1. The lowest BCUT2D eigenvalue weighted by molar-refractivity contribution is 1.09. The first-order valence-electron chi connectivity index (χ1n) is 19.8. The lowest BCUT2D eigenvalue weighted by atomic mass is 9.91. The van der Waals surface area contributed by atoms with Crippen molar-refractivity contribution in [2.75, 3.05) is 9.80 Å². The van der Waals surface area contributed by atoms with Gasteiger partial charge in [-0.2, -0.15) is 0 Å². The van der Waals surface area contributed by atoms with E-state index in [0.717, 1.165) is 57.6 Å². The first-order valence-corrected chi connectivity index (χ1v) is 19.8. The van der Waals surface area contributed by atoms with Gasteiger partial charge in [-0.05, 0) is 119 Å². The summed E-state index contributed by atoms with van der Waals surface area (Å²) in [6.07, 6.45) is 13.1. The van der Waals surface area contributed by atoms with Crippen LogP contribution in [0, 0.1) is 0 Å². The smallest absolute Gasteiger partial charge is 0.0497 e. The quantitative estimate of drug-likeness (QED) is 0.164. The Morgan fingerprint density at radius 1 is 0.397 bits per heavy atom. The Balaban J connectivity index is 0.000000740. The van der Waals surface area contributed by atoms with Crippen molar-refractivity contribution in [3.8, 4) is 33.4 Å². The van der Waals surface area contributed by atoms with Gasteiger partial charge in [0.05, 0.1) is 0 Å². The summed E-state index contributed by atoms with van der Waals surface area (Å²) in [7, 11) is 0. The molecule has 0 atom stereocenters. The number of rotatable bonds is 5. The Kier molecular flexibility index (Phi) is 11.2. The summed E-state index contributed by atoms with van der Waals surface area (Å²) < 4.78 is 0. The Hall–Kier alpha value is -7.30. The van der Waals surface area contributed by atoms with Gasteiger partial charge in [-0.15, -0.1) is 13.2 Å². The van der Waals surface area contributed by atoms with Gasteiger partial charge >= 0.3 is 0 Å². The van der Waals surface area contributed by atoms with Crippen LogP contribution in [0.15, 0.2) is 208 Å². The third-order valence-electron chi connectivity index (χ3n) is 10.5. The van der Waals surface area contributed by atoms with E-state index in [1.54, 1.807) is 12.2 Å². The lowest BCUT2D eigenvalue weighted by Gasteiger charge is -2.33. The second-order valence-corrected chi connectivity index (χ2v) is 14.3. The van der Waals surface area contributed by atoms with Crippen LogP contribution in [0.2, 0.25) is 0 Å². The molecule has 0 saturated heterocycles. The molecule has 0 radical (unpaired) electrons. The van der Waals surface area contributed by atoms with Crippen molar-refractivity contribution < 1.29 is 0 Å². The normalized spacial score (nSPS) is 11.9. The highest BCUT2D eigenvalue weighted by Gasteiger charge is 2.25. The van der Waals surface area contributed by atoms with Crippen LogP contribution in [-0.2, 0) is 12.8 Å². The first kappa shape index (κ1) is 37.6. The van der Waals surface area contributed by atoms with Gasteiger partial charge in [-0.3, -0.25) is 9.97 Å². The number of hydrogen-bond acceptors (Lipinski definition) is 4. The van der Waals surface area contributed by atoms with Crippen molar-refractivity contribution in [2.24, 2.45) is 0 Å². The molecule has 4 heterocycles. The molecule has 282 valence electrons. The predicted octanol–water partition coefficient (Wildman–Crippen LogP) is 14.6. The number of anilines is 6. The van der Waals surface area contributed by atoms with E-state index in [0.29, 0.717) is 0 Å². The lowest BCUT2D eigenvalue weighted by Crippen LogP contribution is -2.18. The maximum Gasteiger partial charge on any atom is 0.0497 e. The number of nitrogens with zero attached hydrogens (tertiary/aromatic N) is 4. The van der Waals surface area contributed by atoms with Crippen molar-refractivity contribution in [1.82, 2.24) is 9.97 Å². The van der Waals surface area contributed by atoms with Gasteiger partial charge in [0.25, 0.3) is 0 Å². The van der Waals surface area contributed by atoms with Crippen LogP contribution < -0.4 is 9.80 Å². The van der Waals surface area contributed by atoms with Crippen molar-refractivity contribution in [1.29, 1.82) is 0 Å². The average molecular weight is 751 g/mol. The Bertz CT molecular complexity index is 2420. The monoisotopic (exact) mass is 750 g/mol. The van der Waals surface area contributed by atoms with Crippen LogP contribution in [0.1, 0.15) is 36.1 Å². The molecule has 0 bridgehead atoms. The van der Waals surface area contributed by atoms with Crippen LogP contribution >= 0.6 is 0 Å². The van der Waals surface area contributed by atoms with Gasteiger partial charge in [0, 0.05) is 82.9 Å². The van der Waals surface area contributed by atoms with Crippen molar-refractivity contribution in [3.05, 3.63) is 230 Å². The minimum atomic E-state index is 0.942. The van der Waals surface area contributed by atoms with Crippen molar-refractivity contribution in [2.45, 2.75) is 26.7 Å². The van der Waals surface area contributed by atoms with Crippen LogP contribution in [-0.4, -0.2) is 9.97 Å². The minimum absolute atomic E-state index is 0.942. The predicted molar refractivity (Wildman–Crippen MR) is 245 cm³/mol. The standard InChI is InChI=1S/C48H34N4.2C3H6/c1-5-13-45-35(9-1)29-36-10-2-6-14-46(36)51(45)39-21-17-33(18-22-39)43-31-49-27-25-41(43)42-26-28-50-32-44(42)34-19-23-40(24-20-34)52-47-15-7-3-11-37(47)30-38-12-4-8-16-48(38)52;2*1-3-2/h1-28,31-32H,29-30H2;2*3H,1H2,2H3. The van der Waals surface area contributed by atoms with E-state index in [1.807, 2.05) is 38.6 Å². The molecule has 0 spiro atoms. The molecule has 0 saturated carbocycles. The molecule has 58 heavy (non-hydrogen) atoms. The zero-order valence-electron chi connectivity index (χ0n) is 33.1. The summed E-state index contributed by atoms with van der Waals surface area (Å²) in [6.45, 7) is 10.5. The van der Waals surface area contributed by atoms with E-state index in [1.165, 1.54) is 45.0 Å². The number of fused-ring (bicyclic) bond motifs is 4. The summed E-state index contributed by atoms with van der Waals surface area (Å²) in [5, 5.41) is 0. The average Bonchev–Trinajstić information content (AvgIpc) is 3.28. The van der Waals surface area contributed by atoms with E-state index in [2.05, 4.69) is 191 Å². The molecular weight excluding hydrogens is 705 g/mol. The second-order valence-electron chi connectivity index (χ2n) is 14.3. The van der Waals surface area contributed by atoms with Crippen LogP contribution in [0.5, 0.6) is 0 Å². The summed E-state index contributed by atoms with van der Waals surface area (Å²) in [5.74, 6) is 0. The third-order valence-corrected chi connectivity index (χ3v) is 10.5. The van der Waals surface area contributed by atoms with E-state index in [4.69, 9.17) is 0 Å². The summed E-state index contributed by atoms with van der Waals surface area (Å²) >= 11 is 0. The molecule has 6 aromatic carbocycles. The Morgan fingerprint density at radius 3 is 1.00 bits per heavy atom.